The number of carbonyl (C=O) groups is 1. The lowest BCUT2D eigenvalue weighted by atomic mass is 10.2. The third-order valence-electron chi connectivity index (χ3n) is 4.16. The molecule has 7 heteroatoms. The van der Waals surface area contributed by atoms with Crippen molar-refractivity contribution in [2.24, 2.45) is 0 Å². The largest absolute Gasteiger partial charge is 0.489 e. The molecule has 2 heterocycles. The Balaban J connectivity index is 1.69. The zero-order valence-electron chi connectivity index (χ0n) is 13.3. The molecule has 2 aromatic rings. The van der Waals surface area contributed by atoms with Gasteiger partial charge in [-0.25, -0.2) is 8.42 Å². The van der Waals surface area contributed by atoms with Gasteiger partial charge in [0.05, 0.1) is 17.8 Å². The highest BCUT2D eigenvalue weighted by atomic mass is 32.2. The molecule has 1 amide bonds. The second-order valence-electron chi connectivity index (χ2n) is 5.85. The number of nitrogens with zero attached hydrogens (tertiary/aromatic N) is 1. The minimum Gasteiger partial charge on any atom is -0.489 e. The Kier molecular flexibility index (Phi) is 4.62. The van der Waals surface area contributed by atoms with Gasteiger partial charge in [-0.1, -0.05) is 18.2 Å². The van der Waals surface area contributed by atoms with Crippen LogP contribution in [0.25, 0.3) is 0 Å². The number of furan rings is 1. The Morgan fingerprint density at radius 3 is 2.71 bits per heavy atom. The molecule has 0 radical (unpaired) electrons. The molecule has 0 unspecified atom stereocenters. The van der Waals surface area contributed by atoms with Crippen LogP contribution in [0.1, 0.15) is 22.5 Å². The van der Waals surface area contributed by atoms with Crippen molar-refractivity contribution in [3.05, 3.63) is 54.0 Å². The second kappa shape index (κ2) is 6.68. The van der Waals surface area contributed by atoms with E-state index in [-0.39, 0.29) is 35.8 Å². The second-order valence-corrected chi connectivity index (χ2v) is 8.08. The van der Waals surface area contributed by atoms with Crippen LogP contribution in [0.4, 0.5) is 0 Å². The summed E-state index contributed by atoms with van der Waals surface area (Å²) in [6.45, 7) is 0.207. The topological polar surface area (TPSA) is 76.8 Å². The van der Waals surface area contributed by atoms with Gasteiger partial charge in [0.25, 0.3) is 5.91 Å². The maximum absolute atomic E-state index is 12.6. The summed E-state index contributed by atoms with van der Waals surface area (Å²) in [6, 6.07) is 10.7. The summed E-state index contributed by atoms with van der Waals surface area (Å²) in [5.74, 6) is 0.697. The van der Waals surface area contributed by atoms with Crippen LogP contribution in [-0.4, -0.2) is 43.8 Å². The molecule has 1 saturated heterocycles. The first-order chi connectivity index (χ1) is 11.5. The van der Waals surface area contributed by atoms with Crippen molar-refractivity contribution in [2.75, 3.05) is 18.6 Å². The maximum atomic E-state index is 12.6. The predicted octanol–water partition coefficient (Wildman–Crippen LogP) is 2.12. The number of para-hydroxylation sites is 1. The van der Waals surface area contributed by atoms with E-state index >= 15 is 0 Å². The quantitative estimate of drug-likeness (QED) is 0.826. The summed E-state index contributed by atoms with van der Waals surface area (Å²) in [4.78, 5) is 14.1. The molecule has 1 fully saturated rings. The summed E-state index contributed by atoms with van der Waals surface area (Å²) in [6.07, 6.45) is 1.90. The molecule has 0 spiro atoms. The van der Waals surface area contributed by atoms with E-state index in [1.165, 1.54) is 11.2 Å². The SMILES string of the molecule is CN(C(=O)c1occc1COc1ccccc1)[C@H]1CCS(=O)(=O)C1. The summed E-state index contributed by atoms with van der Waals surface area (Å²) in [5, 5.41) is 0. The fourth-order valence-electron chi connectivity index (χ4n) is 2.72. The molecule has 1 aromatic heterocycles. The van der Waals surface area contributed by atoms with Gasteiger partial charge in [-0.05, 0) is 24.6 Å². The molecule has 1 atom stereocenters. The first-order valence-corrected chi connectivity index (χ1v) is 9.50. The highest BCUT2D eigenvalue weighted by Gasteiger charge is 2.34. The van der Waals surface area contributed by atoms with E-state index in [1.807, 2.05) is 30.3 Å². The third-order valence-corrected chi connectivity index (χ3v) is 5.91. The average molecular weight is 349 g/mol. The van der Waals surface area contributed by atoms with Crippen LogP contribution in [0.5, 0.6) is 5.75 Å². The standard InChI is InChI=1S/C17H19NO5S/c1-18(14-8-10-24(20,21)12-14)17(19)16-13(7-9-22-16)11-23-15-5-3-2-4-6-15/h2-7,9,14H,8,10-12H2,1H3/t14-/m0/s1. The van der Waals surface area contributed by atoms with Crippen LogP contribution >= 0.6 is 0 Å². The Morgan fingerprint density at radius 1 is 1.29 bits per heavy atom. The molecular weight excluding hydrogens is 330 g/mol. The molecule has 0 saturated carbocycles. The van der Waals surface area contributed by atoms with Crippen LogP contribution in [0, 0.1) is 0 Å². The Labute approximate surface area is 140 Å². The van der Waals surface area contributed by atoms with Gasteiger partial charge < -0.3 is 14.1 Å². The molecule has 0 aliphatic carbocycles. The molecule has 1 aliphatic heterocycles. The van der Waals surface area contributed by atoms with E-state index < -0.39 is 9.84 Å². The Hall–Kier alpha value is -2.28. The lowest BCUT2D eigenvalue weighted by Gasteiger charge is -2.22. The van der Waals surface area contributed by atoms with Gasteiger partial charge in [0.15, 0.2) is 15.6 Å². The van der Waals surface area contributed by atoms with Crippen molar-refractivity contribution in [3.8, 4) is 5.75 Å². The molecule has 1 aliphatic rings. The van der Waals surface area contributed by atoms with Gasteiger partial charge in [-0.15, -0.1) is 0 Å². The lowest BCUT2D eigenvalue weighted by molar-refractivity contribution is 0.0712. The van der Waals surface area contributed by atoms with Crippen molar-refractivity contribution >= 4 is 15.7 Å². The lowest BCUT2D eigenvalue weighted by Crippen LogP contribution is -2.38. The number of ether oxygens (including phenoxy) is 1. The number of hydrogen-bond acceptors (Lipinski definition) is 5. The summed E-state index contributed by atoms with van der Waals surface area (Å²) < 4.78 is 34.2. The maximum Gasteiger partial charge on any atom is 0.289 e. The van der Waals surface area contributed by atoms with Crippen LogP contribution in [0.15, 0.2) is 47.1 Å². The van der Waals surface area contributed by atoms with Gasteiger partial charge in [0, 0.05) is 18.7 Å². The zero-order valence-corrected chi connectivity index (χ0v) is 14.2. The smallest absolute Gasteiger partial charge is 0.289 e. The zero-order chi connectivity index (χ0) is 17.2. The predicted molar refractivity (Wildman–Crippen MR) is 88.6 cm³/mol. The minimum atomic E-state index is -3.05. The van der Waals surface area contributed by atoms with Gasteiger partial charge >= 0.3 is 0 Å². The fraction of sp³-hybridized carbons (Fsp3) is 0.353. The van der Waals surface area contributed by atoms with E-state index in [0.29, 0.717) is 17.7 Å². The van der Waals surface area contributed by atoms with Crippen molar-refractivity contribution in [2.45, 2.75) is 19.1 Å². The molecule has 0 N–H and O–H groups in total. The van der Waals surface area contributed by atoms with Gasteiger partial charge in [-0.2, -0.15) is 0 Å². The van der Waals surface area contributed by atoms with Crippen molar-refractivity contribution < 1.29 is 22.4 Å². The molecule has 24 heavy (non-hydrogen) atoms. The Bertz CT molecular complexity index is 813. The normalized spacial score (nSPS) is 19.1. The number of sulfone groups is 1. The first-order valence-electron chi connectivity index (χ1n) is 7.68. The van der Waals surface area contributed by atoms with Crippen LogP contribution in [-0.2, 0) is 16.4 Å². The summed E-state index contributed by atoms with van der Waals surface area (Å²) in [7, 11) is -1.44. The van der Waals surface area contributed by atoms with Crippen molar-refractivity contribution in [1.82, 2.24) is 4.90 Å². The van der Waals surface area contributed by atoms with E-state index in [4.69, 9.17) is 9.15 Å². The monoisotopic (exact) mass is 349 g/mol. The van der Waals surface area contributed by atoms with E-state index in [9.17, 15) is 13.2 Å². The van der Waals surface area contributed by atoms with Crippen molar-refractivity contribution in [3.63, 3.8) is 0 Å². The number of hydrogen-bond donors (Lipinski definition) is 0. The Morgan fingerprint density at radius 2 is 2.04 bits per heavy atom. The number of rotatable bonds is 5. The third kappa shape index (κ3) is 3.62. The van der Waals surface area contributed by atoms with Crippen LogP contribution in [0.3, 0.4) is 0 Å². The van der Waals surface area contributed by atoms with Gasteiger partial charge in [0.2, 0.25) is 0 Å². The van der Waals surface area contributed by atoms with E-state index in [0.717, 1.165) is 0 Å². The summed E-state index contributed by atoms with van der Waals surface area (Å²) in [5.41, 5.74) is 0.636. The molecule has 6 nitrogen and oxygen atoms in total. The van der Waals surface area contributed by atoms with Crippen LogP contribution < -0.4 is 4.74 Å². The number of benzene rings is 1. The molecule has 0 bridgehead atoms. The van der Waals surface area contributed by atoms with Crippen molar-refractivity contribution in [1.29, 1.82) is 0 Å². The highest BCUT2D eigenvalue weighted by molar-refractivity contribution is 7.91. The van der Waals surface area contributed by atoms with Gasteiger partial charge in [-0.3, -0.25) is 4.79 Å². The fourth-order valence-corrected chi connectivity index (χ4v) is 4.50. The first kappa shape index (κ1) is 16.6. The molecule has 1 aromatic carbocycles. The molecular formula is C17H19NO5S. The molecule has 128 valence electrons. The van der Waals surface area contributed by atoms with Gasteiger partial charge in [0.1, 0.15) is 12.4 Å². The average Bonchev–Trinajstić information content (AvgIpc) is 3.18. The highest BCUT2D eigenvalue weighted by Crippen LogP contribution is 2.21. The number of carbonyl (C=O) groups excluding carboxylic acids is 1. The summed E-state index contributed by atoms with van der Waals surface area (Å²) >= 11 is 0. The number of amides is 1. The van der Waals surface area contributed by atoms with Crippen LogP contribution in [0.2, 0.25) is 0 Å². The van der Waals surface area contributed by atoms with E-state index in [1.54, 1.807) is 13.1 Å². The molecule has 3 rings (SSSR count). The minimum absolute atomic E-state index is 0.00575. The van der Waals surface area contributed by atoms with E-state index in [2.05, 4.69) is 0 Å².